The second kappa shape index (κ2) is 4.76. The van der Waals surface area contributed by atoms with Crippen LogP contribution >= 0.6 is 0 Å². The van der Waals surface area contributed by atoms with E-state index in [0.717, 1.165) is 0 Å². The smallest absolute Gasteiger partial charge is 0.257 e. The fraction of sp³-hybridized carbons (Fsp3) is 0.857. The molecular weight excluding hydrogens is 176 g/mol. The molecule has 76 valence electrons. The minimum atomic E-state index is -1.16. The number of carbonyl (C=O) groups excluding carboxylic acids is 1. The minimum absolute atomic E-state index is 0.347. The van der Waals surface area contributed by atoms with Crippen LogP contribution in [-0.2, 0) is 4.79 Å². The molecule has 1 amide bonds. The van der Waals surface area contributed by atoms with Crippen LogP contribution in [0.5, 0.6) is 0 Å². The lowest BCUT2D eigenvalue weighted by Gasteiger charge is -2.19. The van der Waals surface area contributed by atoms with Crippen LogP contribution in [0.2, 0.25) is 0 Å². The van der Waals surface area contributed by atoms with Gasteiger partial charge in [-0.15, -0.1) is 0 Å². The van der Waals surface area contributed by atoms with Gasteiger partial charge in [-0.25, -0.2) is 0 Å². The minimum Gasteiger partial charge on any atom is -0.386 e. The number of hydrogen-bond donors (Lipinski definition) is 2. The van der Waals surface area contributed by atoms with E-state index >= 15 is 0 Å². The predicted molar refractivity (Wildman–Crippen MR) is 45.7 cm³/mol. The molecule has 6 nitrogen and oxygen atoms in total. The van der Waals surface area contributed by atoms with Gasteiger partial charge in [0.2, 0.25) is 5.91 Å². The van der Waals surface area contributed by atoms with Crippen molar-refractivity contribution in [2.45, 2.75) is 39.0 Å². The molecule has 0 bridgehead atoms. The number of nitro groups is 1. The van der Waals surface area contributed by atoms with Crippen LogP contribution in [0.25, 0.3) is 0 Å². The van der Waals surface area contributed by atoms with Crippen molar-refractivity contribution in [1.82, 2.24) is 5.32 Å². The Morgan fingerprint density at radius 1 is 1.54 bits per heavy atom. The van der Waals surface area contributed by atoms with Gasteiger partial charge in [-0.3, -0.25) is 14.9 Å². The summed E-state index contributed by atoms with van der Waals surface area (Å²) in [6.07, 6.45) is -1.09. The van der Waals surface area contributed by atoms with Gasteiger partial charge >= 0.3 is 0 Å². The fourth-order valence-electron chi connectivity index (χ4n) is 1.18. The van der Waals surface area contributed by atoms with Crippen LogP contribution in [-0.4, -0.2) is 34.1 Å². The van der Waals surface area contributed by atoms with Crippen LogP contribution < -0.4 is 5.32 Å². The Labute approximate surface area is 76.1 Å². The maximum Gasteiger partial charge on any atom is 0.257 e. The Kier molecular flexibility index (Phi) is 4.33. The van der Waals surface area contributed by atoms with Crippen molar-refractivity contribution >= 4 is 5.91 Å². The molecule has 0 aliphatic rings. The first-order valence-corrected chi connectivity index (χ1v) is 3.95. The second-order valence-corrected chi connectivity index (χ2v) is 3.01. The summed E-state index contributed by atoms with van der Waals surface area (Å²) >= 11 is 0. The fourth-order valence-corrected chi connectivity index (χ4v) is 1.18. The average molecular weight is 190 g/mol. The lowest BCUT2D eigenvalue weighted by Crippen LogP contribution is -2.49. The summed E-state index contributed by atoms with van der Waals surface area (Å²) in [5, 5.41) is 21.9. The van der Waals surface area contributed by atoms with Crippen molar-refractivity contribution in [1.29, 1.82) is 0 Å². The van der Waals surface area contributed by atoms with Crippen LogP contribution in [0.15, 0.2) is 0 Å². The average Bonchev–Trinajstić information content (AvgIpc) is 1.81. The lowest BCUT2D eigenvalue weighted by atomic mass is 10.1. The van der Waals surface area contributed by atoms with Crippen LogP contribution in [0.4, 0.5) is 0 Å². The number of nitrogens with one attached hydrogen (secondary N) is 1. The van der Waals surface area contributed by atoms with Gasteiger partial charge in [0.15, 0.2) is 0 Å². The Balaban J connectivity index is 4.37. The standard InChI is InChI=1S/C7H14N2O4/c1-4(8-6(3)11)7(5(2)10)9(12)13/h4-5,7,10H,1-3H3,(H,8,11). The molecule has 6 heteroatoms. The molecule has 0 aromatic heterocycles. The molecule has 0 aromatic carbocycles. The van der Waals surface area contributed by atoms with Crippen molar-refractivity contribution in [3.8, 4) is 0 Å². The molecule has 3 atom stereocenters. The number of aliphatic hydroxyl groups excluding tert-OH is 1. The highest BCUT2D eigenvalue weighted by atomic mass is 16.6. The van der Waals surface area contributed by atoms with Gasteiger partial charge in [-0.05, 0) is 13.8 Å². The zero-order valence-corrected chi connectivity index (χ0v) is 7.85. The van der Waals surface area contributed by atoms with Gasteiger partial charge in [-0.2, -0.15) is 0 Å². The summed E-state index contributed by atoms with van der Waals surface area (Å²) < 4.78 is 0. The SMILES string of the molecule is CC(=O)NC(C)C(C(C)O)[N+](=O)[O-]. The number of nitrogens with zero attached hydrogens (tertiary/aromatic N) is 1. The number of rotatable bonds is 4. The van der Waals surface area contributed by atoms with Crippen LogP contribution in [0.1, 0.15) is 20.8 Å². The van der Waals surface area contributed by atoms with Gasteiger partial charge < -0.3 is 10.4 Å². The molecule has 0 radical (unpaired) electrons. The Bertz CT molecular complexity index is 205. The molecule has 13 heavy (non-hydrogen) atoms. The summed E-state index contributed by atoms with van der Waals surface area (Å²) in [5.41, 5.74) is 0. The molecule has 0 heterocycles. The second-order valence-electron chi connectivity index (χ2n) is 3.01. The van der Waals surface area contributed by atoms with E-state index in [-0.39, 0.29) is 5.91 Å². The van der Waals surface area contributed by atoms with Crippen molar-refractivity contribution in [2.75, 3.05) is 0 Å². The van der Waals surface area contributed by atoms with Gasteiger partial charge in [-0.1, -0.05) is 0 Å². The van der Waals surface area contributed by atoms with E-state index in [1.54, 1.807) is 0 Å². The number of aliphatic hydroxyl groups is 1. The molecule has 0 aliphatic carbocycles. The third kappa shape index (κ3) is 3.84. The van der Waals surface area contributed by atoms with E-state index in [1.165, 1.54) is 20.8 Å². The monoisotopic (exact) mass is 190 g/mol. The molecule has 0 saturated heterocycles. The summed E-state index contributed by atoms with van der Waals surface area (Å²) in [4.78, 5) is 20.5. The van der Waals surface area contributed by atoms with Crippen molar-refractivity contribution in [2.24, 2.45) is 0 Å². The third-order valence-electron chi connectivity index (χ3n) is 1.68. The third-order valence-corrected chi connectivity index (χ3v) is 1.68. The first-order valence-electron chi connectivity index (χ1n) is 3.95. The zero-order valence-electron chi connectivity index (χ0n) is 7.85. The first-order chi connectivity index (χ1) is 5.86. The lowest BCUT2D eigenvalue weighted by molar-refractivity contribution is -0.536. The summed E-state index contributed by atoms with van der Waals surface area (Å²) in [7, 11) is 0. The van der Waals surface area contributed by atoms with Gasteiger partial charge in [0.05, 0.1) is 6.04 Å². The van der Waals surface area contributed by atoms with Crippen molar-refractivity contribution in [3.63, 3.8) is 0 Å². The zero-order chi connectivity index (χ0) is 10.6. The highest BCUT2D eigenvalue weighted by Gasteiger charge is 2.33. The highest BCUT2D eigenvalue weighted by Crippen LogP contribution is 2.03. The normalized spacial score (nSPS) is 17.2. The van der Waals surface area contributed by atoms with E-state index in [4.69, 9.17) is 5.11 Å². The van der Waals surface area contributed by atoms with E-state index < -0.39 is 23.1 Å². The van der Waals surface area contributed by atoms with E-state index in [1.807, 2.05) is 0 Å². The quantitative estimate of drug-likeness (QED) is 0.463. The summed E-state index contributed by atoms with van der Waals surface area (Å²) in [6, 6.07) is -1.84. The van der Waals surface area contributed by atoms with Gasteiger partial charge in [0.1, 0.15) is 6.10 Å². The first kappa shape index (κ1) is 11.8. The Hall–Kier alpha value is -1.17. The van der Waals surface area contributed by atoms with Crippen LogP contribution in [0.3, 0.4) is 0 Å². The highest BCUT2D eigenvalue weighted by molar-refractivity contribution is 5.73. The summed E-state index contributed by atoms with van der Waals surface area (Å²) in [5.74, 6) is -0.347. The Morgan fingerprint density at radius 3 is 2.23 bits per heavy atom. The van der Waals surface area contributed by atoms with E-state index in [2.05, 4.69) is 5.32 Å². The molecule has 3 unspecified atom stereocenters. The predicted octanol–water partition coefficient (Wildman–Crippen LogP) is -0.463. The molecule has 0 saturated carbocycles. The van der Waals surface area contributed by atoms with Crippen molar-refractivity contribution in [3.05, 3.63) is 10.1 Å². The summed E-state index contributed by atoms with van der Waals surface area (Å²) in [6.45, 7) is 4.09. The molecule has 0 fully saturated rings. The van der Waals surface area contributed by atoms with E-state index in [0.29, 0.717) is 0 Å². The number of amides is 1. The molecule has 0 rings (SSSR count). The molecule has 0 aliphatic heterocycles. The van der Waals surface area contributed by atoms with Gasteiger partial charge in [0, 0.05) is 11.8 Å². The molecular formula is C7H14N2O4. The van der Waals surface area contributed by atoms with Crippen molar-refractivity contribution < 1.29 is 14.8 Å². The van der Waals surface area contributed by atoms with Crippen LogP contribution in [0, 0.1) is 10.1 Å². The Morgan fingerprint density at radius 2 is 2.00 bits per heavy atom. The number of carbonyl (C=O) groups is 1. The maximum absolute atomic E-state index is 10.6. The molecule has 2 N–H and O–H groups in total. The number of hydrogen-bond acceptors (Lipinski definition) is 4. The van der Waals surface area contributed by atoms with E-state index in [9.17, 15) is 14.9 Å². The molecule has 0 spiro atoms. The molecule has 0 aromatic rings. The largest absolute Gasteiger partial charge is 0.386 e. The maximum atomic E-state index is 10.6. The van der Waals surface area contributed by atoms with Gasteiger partial charge in [0.25, 0.3) is 6.04 Å². The topological polar surface area (TPSA) is 92.5 Å².